The van der Waals surface area contributed by atoms with Crippen LogP contribution in [-0.4, -0.2) is 16.8 Å². The third-order valence-corrected chi connectivity index (χ3v) is 4.10. The normalized spacial score (nSPS) is 12.6. The van der Waals surface area contributed by atoms with Crippen LogP contribution in [0.25, 0.3) is 0 Å². The summed E-state index contributed by atoms with van der Waals surface area (Å²) in [6, 6.07) is 3.69. The predicted molar refractivity (Wildman–Crippen MR) is 63.2 cm³/mol. The van der Waals surface area contributed by atoms with E-state index < -0.39 is 20.0 Å². The summed E-state index contributed by atoms with van der Waals surface area (Å²) >= 11 is 0. The van der Waals surface area contributed by atoms with Crippen LogP contribution < -0.4 is 10.3 Å². The van der Waals surface area contributed by atoms with E-state index in [0.29, 0.717) is 12.0 Å². The predicted octanol–water partition coefficient (Wildman–Crippen LogP) is -0.0661. The van der Waals surface area contributed by atoms with Crippen molar-refractivity contribution in [3.05, 3.63) is 23.8 Å². The van der Waals surface area contributed by atoms with Crippen LogP contribution in [-0.2, 0) is 26.5 Å². The van der Waals surface area contributed by atoms with E-state index >= 15 is 0 Å². The molecule has 0 heterocycles. The number of benzene rings is 1. The lowest BCUT2D eigenvalue weighted by molar-refractivity contribution is 0.594. The molecule has 6 nitrogen and oxygen atoms in total. The minimum atomic E-state index is -3.96. The Morgan fingerprint density at radius 1 is 1.06 bits per heavy atom. The third kappa shape index (κ3) is 3.50. The average molecular weight is 278 g/mol. The van der Waals surface area contributed by atoms with Crippen molar-refractivity contribution in [2.45, 2.75) is 29.6 Å². The van der Waals surface area contributed by atoms with Gasteiger partial charge in [0.15, 0.2) is 0 Å². The number of hydrogen-bond donors (Lipinski definition) is 2. The molecule has 0 amide bonds. The molecule has 0 aliphatic heterocycles. The Hall–Kier alpha value is -0.960. The molecule has 17 heavy (non-hydrogen) atoms. The zero-order valence-corrected chi connectivity index (χ0v) is 10.9. The van der Waals surface area contributed by atoms with Gasteiger partial charge in [-0.3, -0.25) is 0 Å². The van der Waals surface area contributed by atoms with Gasteiger partial charge in [0, 0.05) is 0 Å². The Morgan fingerprint density at radius 3 is 2.06 bits per heavy atom. The van der Waals surface area contributed by atoms with Gasteiger partial charge in [0.25, 0.3) is 0 Å². The topological polar surface area (TPSA) is 120 Å². The van der Waals surface area contributed by atoms with E-state index in [4.69, 9.17) is 10.3 Å². The van der Waals surface area contributed by atoms with Gasteiger partial charge in [0.2, 0.25) is 20.0 Å². The largest absolute Gasteiger partial charge is 0.238 e. The van der Waals surface area contributed by atoms with Crippen molar-refractivity contribution in [2.24, 2.45) is 10.3 Å². The first-order valence-corrected chi connectivity index (χ1v) is 7.94. The van der Waals surface area contributed by atoms with Crippen molar-refractivity contribution in [2.75, 3.05) is 0 Å². The van der Waals surface area contributed by atoms with Gasteiger partial charge in [0.05, 0.1) is 9.79 Å². The van der Waals surface area contributed by atoms with Crippen LogP contribution in [0, 0.1) is 0 Å². The second-order valence-electron chi connectivity index (χ2n) is 3.61. The van der Waals surface area contributed by atoms with Gasteiger partial charge >= 0.3 is 0 Å². The first kappa shape index (κ1) is 14.1. The van der Waals surface area contributed by atoms with Crippen LogP contribution in [0.2, 0.25) is 0 Å². The molecule has 0 saturated carbocycles. The van der Waals surface area contributed by atoms with Crippen molar-refractivity contribution in [1.82, 2.24) is 0 Å². The molecule has 0 radical (unpaired) electrons. The molecule has 0 saturated heterocycles. The lowest BCUT2D eigenvalue weighted by Gasteiger charge is -2.08. The van der Waals surface area contributed by atoms with E-state index in [9.17, 15) is 16.8 Å². The summed E-state index contributed by atoms with van der Waals surface area (Å²) in [5.74, 6) is 0. The zero-order valence-electron chi connectivity index (χ0n) is 9.25. The van der Waals surface area contributed by atoms with E-state index in [1.54, 1.807) is 0 Å². The number of primary sulfonamides is 2. The molecule has 0 fully saturated rings. The van der Waals surface area contributed by atoms with E-state index in [0.717, 1.165) is 12.5 Å². The maximum atomic E-state index is 11.3. The molecular weight excluding hydrogens is 264 g/mol. The average Bonchev–Trinajstić information content (AvgIpc) is 2.15. The van der Waals surface area contributed by atoms with Crippen LogP contribution >= 0.6 is 0 Å². The summed E-state index contributed by atoms with van der Waals surface area (Å²) in [7, 11) is -7.90. The van der Waals surface area contributed by atoms with Gasteiger partial charge < -0.3 is 0 Å². The summed E-state index contributed by atoms with van der Waals surface area (Å²) in [6.07, 6.45) is 1.22. The van der Waals surface area contributed by atoms with Crippen molar-refractivity contribution in [1.29, 1.82) is 0 Å². The summed E-state index contributed by atoms with van der Waals surface area (Å²) in [4.78, 5) is -0.452. The Labute approximate surface area is 101 Å². The first-order valence-electron chi connectivity index (χ1n) is 4.85. The molecule has 0 aliphatic rings. The molecule has 96 valence electrons. The number of nitrogens with two attached hydrogens (primary N) is 2. The molecule has 4 N–H and O–H groups in total. The highest BCUT2D eigenvalue weighted by atomic mass is 32.2. The van der Waals surface area contributed by atoms with Crippen LogP contribution in [0.3, 0.4) is 0 Å². The standard InChI is InChI=1S/C9H14N2O4S2/c1-2-3-7-4-5-8(16(10,12)13)6-9(7)17(11,14)15/h4-6H,2-3H2,1H3,(H2,10,12,13)(H2,11,14,15). The molecule has 0 atom stereocenters. The smallest absolute Gasteiger partial charge is 0.225 e. The van der Waals surface area contributed by atoms with Gasteiger partial charge in [-0.15, -0.1) is 0 Å². The molecule has 8 heteroatoms. The molecule has 0 spiro atoms. The number of aryl methyl sites for hydroxylation is 1. The third-order valence-electron chi connectivity index (χ3n) is 2.19. The first-order chi connectivity index (χ1) is 7.66. The SMILES string of the molecule is CCCc1ccc(S(N)(=O)=O)cc1S(N)(=O)=O. The zero-order chi connectivity index (χ0) is 13.3. The van der Waals surface area contributed by atoms with E-state index in [1.807, 2.05) is 6.92 Å². The molecule has 0 bridgehead atoms. The quantitative estimate of drug-likeness (QED) is 0.801. The Morgan fingerprint density at radius 2 is 1.65 bits per heavy atom. The highest BCUT2D eigenvalue weighted by molar-refractivity contribution is 7.90. The van der Waals surface area contributed by atoms with Crippen molar-refractivity contribution in [3.63, 3.8) is 0 Å². The molecular formula is C9H14N2O4S2. The van der Waals surface area contributed by atoms with Crippen LogP contribution in [0.1, 0.15) is 18.9 Å². The Bertz CT molecular complexity index is 620. The number of sulfonamides is 2. The lowest BCUT2D eigenvalue weighted by Crippen LogP contribution is -2.17. The van der Waals surface area contributed by atoms with E-state index in [1.165, 1.54) is 12.1 Å². The van der Waals surface area contributed by atoms with Crippen LogP contribution in [0.5, 0.6) is 0 Å². The van der Waals surface area contributed by atoms with Gasteiger partial charge in [0.1, 0.15) is 0 Å². The minimum Gasteiger partial charge on any atom is -0.225 e. The van der Waals surface area contributed by atoms with Crippen LogP contribution in [0.15, 0.2) is 28.0 Å². The summed E-state index contributed by atoms with van der Waals surface area (Å²) < 4.78 is 44.9. The van der Waals surface area contributed by atoms with Crippen LogP contribution in [0.4, 0.5) is 0 Å². The molecule has 1 aromatic rings. The monoisotopic (exact) mass is 278 g/mol. The second kappa shape index (κ2) is 4.73. The van der Waals surface area contributed by atoms with Gasteiger partial charge in [-0.25, -0.2) is 27.1 Å². The molecule has 1 aromatic carbocycles. The van der Waals surface area contributed by atoms with Gasteiger partial charge in [-0.2, -0.15) is 0 Å². The molecule has 0 aromatic heterocycles. The van der Waals surface area contributed by atoms with Crippen molar-refractivity contribution >= 4 is 20.0 Å². The Kier molecular flexibility index (Phi) is 3.92. The highest BCUT2D eigenvalue weighted by Gasteiger charge is 2.17. The van der Waals surface area contributed by atoms with Crippen molar-refractivity contribution < 1.29 is 16.8 Å². The van der Waals surface area contributed by atoms with Gasteiger partial charge in [-0.1, -0.05) is 19.4 Å². The molecule has 0 aliphatic carbocycles. The maximum absolute atomic E-state index is 11.3. The number of rotatable bonds is 4. The number of hydrogen-bond acceptors (Lipinski definition) is 4. The highest BCUT2D eigenvalue weighted by Crippen LogP contribution is 2.20. The lowest BCUT2D eigenvalue weighted by atomic mass is 10.1. The van der Waals surface area contributed by atoms with E-state index in [2.05, 4.69) is 0 Å². The fourth-order valence-electron chi connectivity index (χ4n) is 1.45. The minimum absolute atomic E-state index is 0.189. The fraction of sp³-hybridized carbons (Fsp3) is 0.333. The van der Waals surface area contributed by atoms with Crippen molar-refractivity contribution in [3.8, 4) is 0 Å². The van der Waals surface area contributed by atoms with Gasteiger partial charge in [-0.05, 0) is 24.1 Å². The summed E-state index contributed by atoms with van der Waals surface area (Å²) in [5.41, 5.74) is 0.488. The molecule has 1 rings (SSSR count). The molecule has 0 unspecified atom stereocenters. The van der Waals surface area contributed by atoms with E-state index in [-0.39, 0.29) is 9.79 Å². The maximum Gasteiger partial charge on any atom is 0.238 e. The summed E-state index contributed by atoms with van der Waals surface area (Å²) in [6.45, 7) is 1.88. The fourth-order valence-corrected chi connectivity index (χ4v) is 2.89. The summed E-state index contributed by atoms with van der Waals surface area (Å²) in [5, 5.41) is 9.97. The second-order valence-corrected chi connectivity index (χ2v) is 6.70. The Balaban J connectivity index is 3.51.